The molecule has 4 heteroatoms. The maximum absolute atomic E-state index is 13.3. The van der Waals surface area contributed by atoms with Gasteiger partial charge in [0.2, 0.25) is 5.95 Å². The molecule has 0 aromatic carbocycles. The molecule has 0 atom stereocenters. The van der Waals surface area contributed by atoms with E-state index >= 15 is 0 Å². The fraction of sp³-hybridized carbons (Fsp3) is 0.400. The fourth-order valence-corrected chi connectivity index (χ4v) is 1.13. The number of amides is 1. The monoisotopic (exact) mass is 196 g/mol. The summed E-state index contributed by atoms with van der Waals surface area (Å²) in [6.07, 6.45) is 0. The van der Waals surface area contributed by atoms with Crippen molar-refractivity contribution in [1.82, 2.24) is 10.3 Å². The second-order valence-corrected chi connectivity index (χ2v) is 3.31. The third-order valence-corrected chi connectivity index (χ3v) is 1.96. The zero-order valence-electron chi connectivity index (χ0n) is 8.47. The van der Waals surface area contributed by atoms with Crippen molar-refractivity contribution >= 4 is 5.91 Å². The molecule has 0 aliphatic carbocycles. The first-order chi connectivity index (χ1) is 6.56. The molecule has 0 bridgehead atoms. The molecule has 1 heterocycles. The lowest BCUT2D eigenvalue weighted by Gasteiger charge is -2.06. The lowest BCUT2D eigenvalue weighted by molar-refractivity contribution is 0.0957. The average molecular weight is 196 g/mol. The maximum atomic E-state index is 13.3. The van der Waals surface area contributed by atoms with Crippen LogP contribution in [-0.2, 0) is 0 Å². The number of hydrogen-bond donors (Lipinski definition) is 1. The van der Waals surface area contributed by atoms with Crippen molar-refractivity contribution in [1.29, 1.82) is 0 Å². The Morgan fingerprint density at radius 2 is 2.14 bits per heavy atom. The van der Waals surface area contributed by atoms with Gasteiger partial charge in [0.05, 0.1) is 0 Å². The number of carbonyl (C=O) groups excluding carboxylic acids is 1. The molecule has 0 unspecified atom stereocenters. The van der Waals surface area contributed by atoms with Gasteiger partial charge < -0.3 is 5.32 Å². The lowest BCUT2D eigenvalue weighted by Crippen LogP contribution is -2.20. The van der Waals surface area contributed by atoms with E-state index in [0.717, 1.165) is 0 Å². The molecule has 1 N–H and O–H groups in total. The second kappa shape index (κ2) is 4.17. The molecule has 1 aromatic rings. The van der Waals surface area contributed by atoms with Crippen LogP contribution in [0.25, 0.3) is 0 Å². The summed E-state index contributed by atoms with van der Waals surface area (Å²) in [4.78, 5) is 14.7. The predicted octanol–water partition coefficient (Wildman–Crippen LogP) is 1.70. The van der Waals surface area contributed by atoms with Crippen LogP contribution >= 0.6 is 0 Å². The highest BCUT2D eigenvalue weighted by Crippen LogP contribution is 2.16. The summed E-state index contributed by atoms with van der Waals surface area (Å²) in [5.74, 6) is -0.874. The Labute approximate surface area is 82.4 Å². The first-order valence-electron chi connectivity index (χ1n) is 4.44. The van der Waals surface area contributed by atoms with Crippen molar-refractivity contribution in [3.63, 3.8) is 0 Å². The number of nitrogens with zero attached hydrogens (tertiary/aromatic N) is 1. The third-order valence-electron chi connectivity index (χ3n) is 1.96. The van der Waals surface area contributed by atoms with Crippen molar-refractivity contribution in [3.8, 4) is 0 Å². The van der Waals surface area contributed by atoms with Gasteiger partial charge in [0, 0.05) is 12.6 Å². The van der Waals surface area contributed by atoms with E-state index in [2.05, 4.69) is 10.3 Å². The van der Waals surface area contributed by atoms with Crippen LogP contribution < -0.4 is 5.32 Å². The zero-order valence-corrected chi connectivity index (χ0v) is 8.47. The molecule has 0 spiro atoms. The quantitative estimate of drug-likeness (QED) is 0.731. The van der Waals surface area contributed by atoms with Crippen LogP contribution in [0.2, 0.25) is 0 Å². The molecule has 1 aromatic heterocycles. The summed E-state index contributed by atoms with van der Waals surface area (Å²) in [5, 5.41) is 2.39. The van der Waals surface area contributed by atoms with Crippen molar-refractivity contribution in [2.45, 2.75) is 19.8 Å². The van der Waals surface area contributed by atoms with E-state index in [0.29, 0.717) is 5.56 Å². The van der Waals surface area contributed by atoms with Crippen LogP contribution in [0.15, 0.2) is 12.1 Å². The molecule has 0 aliphatic rings. The van der Waals surface area contributed by atoms with E-state index in [-0.39, 0.29) is 17.5 Å². The summed E-state index contributed by atoms with van der Waals surface area (Å²) < 4.78 is 13.3. The first-order valence-corrected chi connectivity index (χ1v) is 4.44. The molecule has 0 saturated carbocycles. The summed E-state index contributed by atoms with van der Waals surface area (Å²) in [5.41, 5.74) is 0.632. The smallest absolute Gasteiger partial charge is 0.269 e. The van der Waals surface area contributed by atoms with Crippen molar-refractivity contribution in [2.75, 3.05) is 7.05 Å². The molecule has 14 heavy (non-hydrogen) atoms. The highest BCUT2D eigenvalue weighted by atomic mass is 19.1. The molecule has 0 saturated heterocycles. The Hall–Kier alpha value is -1.45. The predicted molar refractivity (Wildman–Crippen MR) is 51.7 cm³/mol. The van der Waals surface area contributed by atoms with Gasteiger partial charge in [0.15, 0.2) is 0 Å². The molecule has 0 aliphatic heterocycles. The fourth-order valence-electron chi connectivity index (χ4n) is 1.13. The van der Waals surface area contributed by atoms with Crippen LogP contribution in [0.4, 0.5) is 4.39 Å². The number of nitrogens with one attached hydrogen (secondary N) is 1. The summed E-state index contributed by atoms with van der Waals surface area (Å²) in [6.45, 7) is 3.75. The topological polar surface area (TPSA) is 42.0 Å². The molecular formula is C10H13FN2O. The van der Waals surface area contributed by atoms with E-state index in [4.69, 9.17) is 0 Å². The van der Waals surface area contributed by atoms with Crippen LogP contribution in [0.3, 0.4) is 0 Å². The normalized spacial score (nSPS) is 10.4. The van der Waals surface area contributed by atoms with Crippen LogP contribution in [-0.4, -0.2) is 17.9 Å². The molecule has 1 amide bonds. The Morgan fingerprint density at radius 3 is 2.57 bits per heavy atom. The van der Waals surface area contributed by atoms with Gasteiger partial charge in [-0.1, -0.05) is 19.9 Å². The molecule has 1 rings (SSSR count). The number of rotatable bonds is 2. The van der Waals surface area contributed by atoms with Crippen LogP contribution in [0, 0.1) is 5.95 Å². The molecule has 0 radical (unpaired) electrons. The van der Waals surface area contributed by atoms with Gasteiger partial charge in [0.1, 0.15) is 5.69 Å². The first kappa shape index (κ1) is 10.6. The number of hydrogen-bond acceptors (Lipinski definition) is 2. The molecule has 0 fully saturated rings. The number of halogens is 1. The summed E-state index contributed by atoms with van der Waals surface area (Å²) in [7, 11) is 1.48. The van der Waals surface area contributed by atoms with E-state index < -0.39 is 5.95 Å². The van der Waals surface area contributed by atoms with E-state index in [1.165, 1.54) is 13.1 Å². The Balaban J connectivity index is 3.06. The average Bonchev–Trinajstić information content (AvgIpc) is 2.15. The second-order valence-electron chi connectivity index (χ2n) is 3.31. The Morgan fingerprint density at radius 1 is 1.50 bits per heavy atom. The van der Waals surface area contributed by atoms with E-state index in [1.54, 1.807) is 6.07 Å². The van der Waals surface area contributed by atoms with Gasteiger partial charge in [-0.05, 0) is 12.0 Å². The van der Waals surface area contributed by atoms with E-state index in [1.807, 2.05) is 13.8 Å². The Bertz CT molecular complexity index is 350. The minimum Gasteiger partial charge on any atom is -0.354 e. The number of carbonyl (C=O) groups is 1. The van der Waals surface area contributed by atoms with Gasteiger partial charge in [-0.3, -0.25) is 4.79 Å². The maximum Gasteiger partial charge on any atom is 0.269 e. The minimum absolute atomic E-state index is 0.0706. The minimum atomic E-state index is -0.568. The van der Waals surface area contributed by atoms with Gasteiger partial charge >= 0.3 is 0 Å². The number of pyridine rings is 1. The van der Waals surface area contributed by atoms with Crippen LogP contribution in [0.5, 0.6) is 0 Å². The van der Waals surface area contributed by atoms with Gasteiger partial charge in [-0.2, -0.15) is 4.39 Å². The zero-order chi connectivity index (χ0) is 10.7. The summed E-state index contributed by atoms with van der Waals surface area (Å²) >= 11 is 0. The molecular weight excluding hydrogens is 183 g/mol. The lowest BCUT2D eigenvalue weighted by atomic mass is 10.1. The standard InChI is InChI=1S/C10H13FN2O/c1-6(2)7-4-5-8(10(14)12-3)13-9(7)11/h4-6H,1-3H3,(H,12,14). The van der Waals surface area contributed by atoms with Crippen molar-refractivity contribution < 1.29 is 9.18 Å². The third kappa shape index (κ3) is 2.07. The highest BCUT2D eigenvalue weighted by molar-refractivity contribution is 5.91. The number of aromatic nitrogens is 1. The van der Waals surface area contributed by atoms with Crippen molar-refractivity contribution in [2.24, 2.45) is 0 Å². The SMILES string of the molecule is CNC(=O)c1ccc(C(C)C)c(F)n1. The molecule has 3 nitrogen and oxygen atoms in total. The van der Waals surface area contributed by atoms with Gasteiger partial charge in [-0.25, -0.2) is 4.98 Å². The van der Waals surface area contributed by atoms with Gasteiger partial charge in [0.25, 0.3) is 5.91 Å². The van der Waals surface area contributed by atoms with Crippen LogP contribution in [0.1, 0.15) is 35.8 Å². The molecule has 76 valence electrons. The largest absolute Gasteiger partial charge is 0.354 e. The van der Waals surface area contributed by atoms with E-state index in [9.17, 15) is 9.18 Å². The van der Waals surface area contributed by atoms with Gasteiger partial charge in [-0.15, -0.1) is 0 Å². The van der Waals surface area contributed by atoms with Crippen molar-refractivity contribution in [3.05, 3.63) is 29.3 Å². The summed E-state index contributed by atoms with van der Waals surface area (Å²) in [6, 6.07) is 3.12. The highest BCUT2D eigenvalue weighted by Gasteiger charge is 2.11. The Kier molecular flexibility index (Phi) is 3.17.